The summed E-state index contributed by atoms with van der Waals surface area (Å²) in [5, 5.41) is 0. The highest BCUT2D eigenvalue weighted by molar-refractivity contribution is 7.99. The fourth-order valence-electron chi connectivity index (χ4n) is 1.19. The van der Waals surface area contributed by atoms with Crippen LogP contribution in [0.1, 0.15) is 15.9 Å². The number of hydrogen-bond donors (Lipinski definition) is 2. The summed E-state index contributed by atoms with van der Waals surface area (Å²) < 4.78 is 0. The van der Waals surface area contributed by atoms with Crippen molar-refractivity contribution in [2.24, 2.45) is 0 Å². The van der Waals surface area contributed by atoms with Crippen molar-refractivity contribution in [3.8, 4) is 0 Å². The van der Waals surface area contributed by atoms with Gasteiger partial charge in [-0.3, -0.25) is 20.4 Å². The first-order chi connectivity index (χ1) is 7.65. The summed E-state index contributed by atoms with van der Waals surface area (Å²) in [6, 6.07) is 7.20. The van der Waals surface area contributed by atoms with Crippen LogP contribution < -0.4 is 10.9 Å². The predicted octanol–water partition coefficient (Wildman–Crippen LogP) is 1.12. The number of benzene rings is 1. The zero-order chi connectivity index (χ0) is 12.0. The van der Waals surface area contributed by atoms with Crippen LogP contribution in [0.4, 0.5) is 0 Å². The first kappa shape index (κ1) is 12.6. The zero-order valence-electron chi connectivity index (χ0n) is 9.24. The molecule has 2 amide bonds. The first-order valence-electron chi connectivity index (χ1n) is 4.79. The molecule has 0 saturated carbocycles. The smallest absolute Gasteiger partial charge is 0.269 e. The molecule has 16 heavy (non-hydrogen) atoms. The van der Waals surface area contributed by atoms with Crippen LogP contribution >= 0.6 is 11.8 Å². The topological polar surface area (TPSA) is 58.2 Å². The number of hydrazine groups is 1. The summed E-state index contributed by atoms with van der Waals surface area (Å²) in [4.78, 5) is 22.8. The number of aryl methyl sites for hydroxylation is 1. The summed E-state index contributed by atoms with van der Waals surface area (Å²) >= 11 is 1.40. The average molecular weight is 238 g/mol. The second-order valence-electron chi connectivity index (χ2n) is 3.25. The molecule has 0 radical (unpaired) electrons. The number of thioether (sulfide) groups is 1. The fraction of sp³-hybridized carbons (Fsp3) is 0.273. The van der Waals surface area contributed by atoms with Crippen LogP contribution in [0.2, 0.25) is 0 Å². The number of carbonyl (C=O) groups is 2. The van der Waals surface area contributed by atoms with Crippen LogP contribution in [-0.4, -0.2) is 23.8 Å². The Labute approximate surface area is 98.8 Å². The largest absolute Gasteiger partial charge is 0.272 e. The highest BCUT2D eigenvalue weighted by Gasteiger charge is 2.08. The van der Waals surface area contributed by atoms with Crippen LogP contribution in [-0.2, 0) is 4.79 Å². The lowest BCUT2D eigenvalue weighted by Gasteiger charge is -2.08. The Morgan fingerprint density at radius 1 is 1.25 bits per heavy atom. The lowest BCUT2D eigenvalue weighted by atomic mass is 10.1. The number of carbonyl (C=O) groups excluding carboxylic acids is 2. The summed E-state index contributed by atoms with van der Waals surface area (Å²) in [5.74, 6) is -0.185. The Morgan fingerprint density at radius 2 is 1.94 bits per heavy atom. The zero-order valence-corrected chi connectivity index (χ0v) is 10.1. The van der Waals surface area contributed by atoms with Gasteiger partial charge in [0.1, 0.15) is 0 Å². The molecule has 0 saturated heterocycles. The molecule has 86 valence electrons. The monoisotopic (exact) mass is 238 g/mol. The van der Waals surface area contributed by atoms with Crippen LogP contribution in [0.3, 0.4) is 0 Å². The Hall–Kier alpha value is -1.49. The van der Waals surface area contributed by atoms with Gasteiger partial charge in [0.15, 0.2) is 0 Å². The highest BCUT2D eigenvalue weighted by Crippen LogP contribution is 2.05. The van der Waals surface area contributed by atoms with E-state index in [9.17, 15) is 9.59 Å². The average Bonchev–Trinajstić information content (AvgIpc) is 2.27. The van der Waals surface area contributed by atoms with Crippen molar-refractivity contribution >= 4 is 23.6 Å². The van der Waals surface area contributed by atoms with E-state index in [1.165, 1.54) is 11.8 Å². The van der Waals surface area contributed by atoms with E-state index in [0.29, 0.717) is 11.3 Å². The molecular formula is C11H14N2O2S. The molecular weight excluding hydrogens is 224 g/mol. The molecule has 0 aromatic heterocycles. The molecule has 5 heteroatoms. The third-order valence-electron chi connectivity index (χ3n) is 1.98. The molecule has 1 aromatic carbocycles. The molecule has 1 rings (SSSR count). The third kappa shape index (κ3) is 3.58. The quantitative estimate of drug-likeness (QED) is 0.776. The van der Waals surface area contributed by atoms with Crippen molar-refractivity contribution in [3.05, 3.63) is 35.4 Å². The molecule has 0 aliphatic rings. The van der Waals surface area contributed by atoms with Gasteiger partial charge in [-0.15, -0.1) is 0 Å². The van der Waals surface area contributed by atoms with Gasteiger partial charge in [-0.1, -0.05) is 18.2 Å². The van der Waals surface area contributed by atoms with Crippen molar-refractivity contribution in [3.63, 3.8) is 0 Å². The van der Waals surface area contributed by atoms with Crippen molar-refractivity contribution in [2.45, 2.75) is 6.92 Å². The molecule has 0 heterocycles. The molecule has 0 aliphatic carbocycles. The molecule has 1 aromatic rings. The van der Waals surface area contributed by atoms with Gasteiger partial charge in [-0.2, -0.15) is 11.8 Å². The minimum absolute atomic E-state index is 0.213. The van der Waals surface area contributed by atoms with E-state index in [1.54, 1.807) is 12.1 Å². The van der Waals surface area contributed by atoms with Crippen molar-refractivity contribution in [1.82, 2.24) is 10.9 Å². The van der Waals surface area contributed by atoms with Gasteiger partial charge in [-0.25, -0.2) is 0 Å². The van der Waals surface area contributed by atoms with Crippen LogP contribution in [0.15, 0.2) is 24.3 Å². The number of hydrogen-bond acceptors (Lipinski definition) is 3. The number of nitrogens with one attached hydrogen (secondary N) is 2. The van der Waals surface area contributed by atoms with Gasteiger partial charge >= 0.3 is 0 Å². The van der Waals surface area contributed by atoms with Gasteiger partial charge < -0.3 is 0 Å². The summed E-state index contributed by atoms with van der Waals surface area (Å²) in [6.45, 7) is 1.85. The van der Waals surface area contributed by atoms with E-state index < -0.39 is 0 Å². The third-order valence-corrected chi connectivity index (χ3v) is 2.53. The Balaban J connectivity index is 2.54. The fourth-order valence-corrected chi connectivity index (χ4v) is 1.52. The maximum Gasteiger partial charge on any atom is 0.269 e. The SMILES string of the molecule is CSCC(=O)NNC(=O)c1ccccc1C. The number of amides is 2. The summed E-state index contributed by atoms with van der Waals surface area (Å²) in [7, 11) is 0. The van der Waals surface area contributed by atoms with Gasteiger partial charge in [-0.05, 0) is 24.8 Å². The Kier molecular flexibility index (Phi) is 4.85. The van der Waals surface area contributed by atoms with E-state index in [0.717, 1.165) is 5.56 Å². The number of rotatable bonds is 3. The van der Waals surface area contributed by atoms with Crippen LogP contribution in [0, 0.1) is 6.92 Å². The molecule has 0 fully saturated rings. The molecule has 0 aliphatic heterocycles. The summed E-state index contributed by atoms with van der Waals surface area (Å²) in [5.41, 5.74) is 6.16. The lowest BCUT2D eigenvalue weighted by molar-refractivity contribution is -0.119. The molecule has 0 unspecified atom stereocenters. The molecule has 0 spiro atoms. The second-order valence-corrected chi connectivity index (χ2v) is 4.12. The van der Waals surface area contributed by atoms with Crippen LogP contribution in [0.5, 0.6) is 0 Å². The Morgan fingerprint density at radius 3 is 2.56 bits per heavy atom. The minimum atomic E-state index is -0.299. The van der Waals surface area contributed by atoms with Gasteiger partial charge in [0.25, 0.3) is 5.91 Å². The molecule has 0 bridgehead atoms. The second kappa shape index (κ2) is 6.17. The molecule has 2 N–H and O–H groups in total. The Bertz CT molecular complexity index is 393. The minimum Gasteiger partial charge on any atom is -0.272 e. The van der Waals surface area contributed by atoms with E-state index in [4.69, 9.17) is 0 Å². The first-order valence-corrected chi connectivity index (χ1v) is 6.18. The molecule has 4 nitrogen and oxygen atoms in total. The van der Waals surface area contributed by atoms with Gasteiger partial charge in [0.2, 0.25) is 5.91 Å². The van der Waals surface area contributed by atoms with Gasteiger partial charge in [0, 0.05) is 5.56 Å². The molecule has 0 atom stereocenters. The van der Waals surface area contributed by atoms with Crippen molar-refractivity contribution < 1.29 is 9.59 Å². The maximum atomic E-state index is 11.6. The normalized spacial score (nSPS) is 9.62. The van der Waals surface area contributed by atoms with E-state index in [1.807, 2.05) is 25.3 Å². The lowest BCUT2D eigenvalue weighted by Crippen LogP contribution is -2.42. The van der Waals surface area contributed by atoms with E-state index in [2.05, 4.69) is 10.9 Å². The van der Waals surface area contributed by atoms with E-state index in [-0.39, 0.29) is 11.8 Å². The summed E-state index contributed by atoms with van der Waals surface area (Å²) in [6.07, 6.45) is 1.82. The maximum absolute atomic E-state index is 11.6. The predicted molar refractivity (Wildman–Crippen MR) is 65.2 cm³/mol. The highest BCUT2D eigenvalue weighted by atomic mass is 32.2. The van der Waals surface area contributed by atoms with Crippen molar-refractivity contribution in [2.75, 3.05) is 12.0 Å². The standard InChI is InChI=1S/C11H14N2O2S/c1-8-5-3-4-6-9(8)11(15)13-12-10(14)7-16-2/h3-6H,7H2,1-2H3,(H,12,14)(H,13,15). The van der Waals surface area contributed by atoms with Crippen LogP contribution in [0.25, 0.3) is 0 Å². The van der Waals surface area contributed by atoms with Gasteiger partial charge in [0.05, 0.1) is 5.75 Å². The van der Waals surface area contributed by atoms with E-state index >= 15 is 0 Å². The van der Waals surface area contributed by atoms with Crippen molar-refractivity contribution in [1.29, 1.82) is 0 Å².